The number of benzene rings is 2. The highest BCUT2D eigenvalue weighted by molar-refractivity contribution is 5.75. The molecule has 2 aromatic carbocycles. The summed E-state index contributed by atoms with van der Waals surface area (Å²) in [5, 5.41) is 13.1. The molecular formula is C24H31NO6. The minimum atomic E-state index is -0.809. The van der Waals surface area contributed by atoms with Gasteiger partial charge in [-0.05, 0) is 63.1 Å². The van der Waals surface area contributed by atoms with Crippen LogP contribution in [0.3, 0.4) is 0 Å². The number of nitrogens with one attached hydrogen (secondary N) is 1. The predicted molar refractivity (Wildman–Crippen MR) is 117 cm³/mol. The molecule has 1 atom stereocenters. The van der Waals surface area contributed by atoms with E-state index < -0.39 is 11.7 Å². The van der Waals surface area contributed by atoms with E-state index in [0.29, 0.717) is 17.9 Å². The van der Waals surface area contributed by atoms with Crippen LogP contribution in [-0.2, 0) is 20.7 Å². The highest BCUT2D eigenvalue weighted by Crippen LogP contribution is 2.19. The molecule has 0 aliphatic heterocycles. The monoisotopic (exact) mass is 429 g/mol. The van der Waals surface area contributed by atoms with Crippen molar-refractivity contribution in [3.05, 3.63) is 59.7 Å². The van der Waals surface area contributed by atoms with E-state index in [1.54, 1.807) is 45.0 Å². The summed E-state index contributed by atoms with van der Waals surface area (Å²) in [5.74, 6) is 0.397. The van der Waals surface area contributed by atoms with E-state index in [4.69, 9.17) is 14.2 Å². The number of aliphatic hydroxyl groups excluding tert-OH is 1. The molecule has 1 unspecified atom stereocenters. The van der Waals surface area contributed by atoms with E-state index in [9.17, 15) is 14.7 Å². The van der Waals surface area contributed by atoms with Crippen molar-refractivity contribution in [2.24, 2.45) is 0 Å². The Balaban J connectivity index is 1.78. The van der Waals surface area contributed by atoms with Gasteiger partial charge in [0.25, 0.3) is 0 Å². The number of carbonyl (C=O) groups is 2. The van der Waals surface area contributed by atoms with E-state index in [1.165, 1.54) is 0 Å². The zero-order valence-electron chi connectivity index (χ0n) is 18.5. The van der Waals surface area contributed by atoms with Crippen LogP contribution in [0, 0.1) is 0 Å². The van der Waals surface area contributed by atoms with Gasteiger partial charge in [0.1, 0.15) is 17.1 Å². The third-order valence-corrected chi connectivity index (χ3v) is 4.11. The van der Waals surface area contributed by atoms with Gasteiger partial charge >= 0.3 is 11.9 Å². The smallest absolute Gasteiger partial charge is 0.320 e. The van der Waals surface area contributed by atoms with Gasteiger partial charge in [-0.3, -0.25) is 9.59 Å². The van der Waals surface area contributed by atoms with Crippen molar-refractivity contribution < 1.29 is 28.9 Å². The Morgan fingerprint density at radius 1 is 0.968 bits per heavy atom. The van der Waals surface area contributed by atoms with Crippen LogP contribution in [0.5, 0.6) is 11.5 Å². The first-order valence-electron chi connectivity index (χ1n) is 10.3. The third kappa shape index (κ3) is 9.19. The van der Waals surface area contributed by atoms with Crippen LogP contribution >= 0.6 is 0 Å². The molecule has 0 aromatic heterocycles. The normalized spacial score (nSPS) is 12.2. The van der Waals surface area contributed by atoms with Gasteiger partial charge in [-0.2, -0.15) is 0 Å². The predicted octanol–water partition coefficient (Wildman–Crippen LogP) is 3.20. The molecule has 0 fully saturated rings. The van der Waals surface area contributed by atoms with Gasteiger partial charge in [-0.1, -0.05) is 24.3 Å². The summed E-state index contributed by atoms with van der Waals surface area (Å²) in [7, 11) is 0. The first-order chi connectivity index (χ1) is 14.7. The molecule has 0 bridgehead atoms. The topological polar surface area (TPSA) is 94.1 Å². The van der Waals surface area contributed by atoms with Crippen LogP contribution in [0.1, 0.15) is 44.9 Å². The second-order valence-electron chi connectivity index (χ2n) is 8.03. The zero-order chi connectivity index (χ0) is 22.9. The van der Waals surface area contributed by atoms with Crippen LogP contribution in [0.2, 0.25) is 0 Å². The van der Waals surface area contributed by atoms with Gasteiger partial charge < -0.3 is 24.6 Å². The van der Waals surface area contributed by atoms with Crippen LogP contribution in [-0.4, -0.2) is 42.3 Å². The number of carbonyl (C=O) groups excluding carboxylic acids is 2. The van der Waals surface area contributed by atoms with E-state index in [0.717, 1.165) is 11.3 Å². The van der Waals surface area contributed by atoms with Gasteiger partial charge in [0.15, 0.2) is 0 Å². The summed E-state index contributed by atoms with van der Waals surface area (Å²) in [6.45, 7) is 8.10. The maximum absolute atomic E-state index is 12.2. The Morgan fingerprint density at radius 2 is 1.58 bits per heavy atom. The van der Waals surface area contributed by atoms with Crippen molar-refractivity contribution in [2.45, 2.75) is 45.8 Å². The molecule has 0 aliphatic rings. The average molecular weight is 430 g/mol. The molecule has 0 aliphatic carbocycles. The molecule has 0 saturated carbocycles. The lowest BCUT2D eigenvalue weighted by molar-refractivity contribution is -0.153. The van der Waals surface area contributed by atoms with Crippen LogP contribution in [0.4, 0.5) is 0 Å². The Morgan fingerprint density at radius 3 is 2.16 bits per heavy atom. The van der Waals surface area contributed by atoms with E-state index in [1.807, 2.05) is 31.2 Å². The lowest BCUT2D eigenvalue weighted by Crippen LogP contribution is -2.33. The number of ether oxygens (including phenoxy) is 3. The van der Waals surface area contributed by atoms with Crippen molar-refractivity contribution >= 4 is 11.9 Å². The highest BCUT2D eigenvalue weighted by Gasteiger charge is 2.16. The van der Waals surface area contributed by atoms with Gasteiger partial charge in [-0.25, -0.2) is 0 Å². The van der Waals surface area contributed by atoms with E-state index in [-0.39, 0.29) is 31.4 Å². The zero-order valence-corrected chi connectivity index (χ0v) is 18.5. The minimum absolute atomic E-state index is 0.00950. The molecule has 2 N–H and O–H groups in total. The number of hydrogen-bond donors (Lipinski definition) is 2. The Kier molecular flexibility index (Phi) is 9.03. The molecule has 2 aromatic rings. The molecule has 0 saturated heterocycles. The summed E-state index contributed by atoms with van der Waals surface area (Å²) in [4.78, 5) is 23.8. The summed E-state index contributed by atoms with van der Waals surface area (Å²) in [5.41, 5.74) is 0.928. The molecule has 7 heteroatoms. The third-order valence-electron chi connectivity index (χ3n) is 4.11. The van der Waals surface area contributed by atoms with Gasteiger partial charge in [0, 0.05) is 6.54 Å². The highest BCUT2D eigenvalue weighted by atomic mass is 16.6. The fraction of sp³-hybridized carbons (Fsp3) is 0.417. The number of rotatable bonds is 10. The maximum atomic E-state index is 12.2. The fourth-order valence-electron chi connectivity index (χ4n) is 2.77. The Labute approximate surface area is 183 Å². The van der Waals surface area contributed by atoms with Crippen molar-refractivity contribution in [3.63, 3.8) is 0 Å². The lowest BCUT2D eigenvalue weighted by Gasteiger charge is -2.20. The average Bonchev–Trinajstić information content (AvgIpc) is 2.68. The van der Waals surface area contributed by atoms with Gasteiger partial charge in [0.05, 0.1) is 25.7 Å². The molecule has 168 valence electrons. The van der Waals surface area contributed by atoms with Crippen LogP contribution in [0.15, 0.2) is 48.5 Å². The number of esters is 2. The largest absolute Gasteiger partial charge is 0.494 e. The van der Waals surface area contributed by atoms with Gasteiger partial charge in [0.2, 0.25) is 0 Å². The molecule has 0 spiro atoms. The summed E-state index contributed by atoms with van der Waals surface area (Å²) in [6, 6.07) is 13.9. The first kappa shape index (κ1) is 24.4. The number of hydrogen-bond acceptors (Lipinski definition) is 7. The molecule has 7 nitrogen and oxygen atoms in total. The molecular weight excluding hydrogens is 398 g/mol. The maximum Gasteiger partial charge on any atom is 0.320 e. The molecule has 0 heterocycles. The van der Waals surface area contributed by atoms with Crippen LogP contribution < -0.4 is 14.8 Å². The minimum Gasteiger partial charge on any atom is -0.494 e. The Bertz CT molecular complexity index is 840. The number of aliphatic hydroxyl groups is 1. The first-order valence-corrected chi connectivity index (χ1v) is 10.3. The van der Waals surface area contributed by atoms with Crippen molar-refractivity contribution in [3.8, 4) is 11.5 Å². The standard InChI is InChI=1S/C24H31NO6/c1-5-29-19-10-6-17(7-11-19)14-22(27)30-20-12-8-18(9-13-20)21(26)15-25-16-23(28)31-24(2,3)4/h6-13,21,25-26H,5,14-16H2,1-4H3. The van der Waals surface area contributed by atoms with Crippen molar-refractivity contribution in [1.82, 2.24) is 5.32 Å². The second-order valence-corrected chi connectivity index (χ2v) is 8.03. The summed E-state index contributed by atoms with van der Waals surface area (Å²) >= 11 is 0. The summed E-state index contributed by atoms with van der Waals surface area (Å²) in [6.07, 6.45) is -0.665. The fourth-order valence-corrected chi connectivity index (χ4v) is 2.77. The SMILES string of the molecule is CCOc1ccc(CC(=O)Oc2ccc(C(O)CNCC(=O)OC(C)(C)C)cc2)cc1. The lowest BCUT2D eigenvalue weighted by atomic mass is 10.1. The molecule has 31 heavy (non-hydrogen) atoms. The van der Waals surface area contributed by atoms with Gasteiger partial charge in [-0.15, -0.1) is 0 Å². The quantitative estimate of drug-likeness (QED) is 0.442. The molecule has 0 radical (unpaired) electrons. The van der Waals surface area contributed by atoms with Crippen molar-refractivity contribution in [2.75, 3.05) is 19.7 Å². The van der Waals surface area contributed by atoms with Crippen molar-refractivity contribution in [1.29, 1.82) is 0 Å². The molecule has 2 rings (SSSR count). The second kappa shape index (κ2) is 11.5. The van der Waals surface area contributed by atoms with E-state index >= 15 is 0 Å². The van der Waals surface area contributed by atoms with E-state index in [2.05, 4.69) is 5.32 Å². The summed E-state index contributed by atoms with van der Waals surface area (Å²) < 4.78 is 15.9. The van der Waals surface area contributed by atoms with Crippen LogP contribution in [0.25, 0.3) is 0 Å². The molecule has 0 amide bonds. The Hall–Kier alpha value is -2.90.